The topological polar surface area (TPSA) is 44.0 Å². The molecule has 0 spiro atoms. The van der Waals surface area contributed by atoms with Crippen LogP contribution in [0.4, 0.5) is 0 Å². The van der Waals surface area contributed by atoms with Crippen molar-refractivity contribution in [1.82, 2.24) is 0 Å². The predicted molar refractivity (Wildman–Crippen MR) is 60.3 cm³/mol. The highest BCUT2D eigenvalue weighted by atomic mass is 16.3. The van der Waals surface area contributed by atoms with E-state index in [1.54, 1.807) is 0 Å². The number of hydrogen-bond donors (Lipinski definition) is 1. The molecule has 0 unspecified atom stereocenters. The van der Waals surface area contributed by atoms with Gasteiger partial charge in [-0.2, -0.15) is 5.26 Å². The van der Waals surface area contributed by atoms with Gasteiger partial charge in [0.1, 0.15) is 0 Å². The number of aliphatic hydroxyl groups excluding tert-OH is 1. The van der Waals surface area contributed by atoms with Gasteiger partial charge in [-0.1, -0.05) is 51.1 Å². The van der Waals surface area contributed by atoms with Gasteiger partial charge in [-0.05, 0) is 11.0 Å². The van der Waals surface area contributed by atoms with E-state index in [1.165, 1.54) is 0 Å². The molecule has 2 nitrogen and oxygen atoms in total. The number of nitrogens with zero attached hydrogens (tertiary/aromatic N) is 1. The van der Waals surface area contributed by atoms with E-state index in [1.807, 2.05) is 51.1 Å². The van der Waals surface area contributed by atoms with Crippen molar-refractivity contribution in [2.24, 2.45) is 5.41 Å². The molecule has 0 radical (unpaired) electrons. The summed E-state index contributed by atoms with van der Waals surface area (Å²) in [6.07, 6.45) is -0.648. The first-order valence-electron chi connectivity index (χ1n) is 5.09. The van der Waals surface area contributed by atoms with Crippen LogP contribution in [0.25, 0.3) is 0 Å². The summed E-state index contributed by atoms with van der Waals surface area (Å²) < 4.78 is 0. The summed E-state index contributed by atoms with van der Waals surface area (Å²) >= 11 is 0. The van der Waals surface area contributed by atoms with Crippen LogP contribution in [0.2, 0.25) is 0 Å². The molecule has 80 valence electrons. The molecule has 0 saturated heterocycles. The van der Waals surface area contributed by atoms with E-state index in [2.05, 4.69) is 6.07 Å². The van der Waals surface area contributed by atoms with Crippen molar-refractivity contribution in [3.63, 3.8) is 0 Å². The maximum atomic E-state index is 10.1. The average molecular weight is 203 g/mol. The van der Waals surface area contributed by atoms with Crippen molar-refractivity contribution in [2.75, 3.05) is 0 Å². The SMILES string of the molecule is CC(C)(C)[C@H](O)[C@@H](C#N)c1ccccc1. The third-order valence-corrected chi connectivity index (χ3v) is 2.50. The van der Waals surface area contributed by atoms with Gasteiger partial charge in [-0.3, -0.25) is 0 Å². The lowest BCUT2D eigenvalue weighted by molar-refractivity contribution is 0.0527. The molecule has 0 aliphatic rings. The van der Waals surface area contributed by atoms with Crippen LogP contribution in [0.1, 0.15) is 32.3 Å². The quantitative estimate of drug-likeness (QED) is 0.803. The summed E-state index contributed by atoms with van der Waals surface area (Å²) in [6, 6.07) is 11.6. The summed E-state index contributed by atoms with van der Waals surface area (Å²) in [7, 11) is 0. The lowest BCUT2D eigenvalue weighted by Gasteiger charge is -2.29. The number of aliphatic hydroxyl groups is 1. The minimum atomic E-state index is -0.648. The number of hydrogen-bond acceptors (Lipinski definition) is 2. The van der Waals surface area contributed by atoms with Crippen LogP contribution in [0.15, 0.2) is 30.3 Å². The van der Waals surface area contributed by atoms with Crippen molar-refractivity contribution < 1.29 is 5.11 Å². The Labute approximate surface area is 91.2 Å². The summed E-state index contributed by atoms with van der Waals surface area (Å²) in [5.74, 6) is -0.453. The van der Waals surface area contributed by atoms with Crippen LogP contribution >= 0.6 is 0 Å². The Morgan fingerprint density at radius 2 is 1.73 bits per heavy atom. The zero-order valence-corrected chi connectivity index (χ0v) is 9.44. The van der Waals surface area contributed by atoms with Gasteiger partial charge in [0.25, 0.3) is 0 Å². The van der Waals surface area contributed by atoms with Crippen molar-refractivity contribution in [2.45, 2.75) is 32.8 Å². The number of nitriles is 1. The van der Waals surface area contributed by atoms with Crippen LogP contribution in [0.5, 0.6) is 0 Å². The van der Waals surface area contributed by atoms with E-state index in [9.17, 15) is 5.11 Å². The Kier molecular flexibility index (Phi) is 3.49. The molecule has 0 saturated carbocycles. The minimum absolute atomic E-state index is 0.282. The smallest absolute Gasteiger partial charge is 0.0976 e. The van der Waals surface area contributed by atoms with E-state index in [0.717, 1.165) is 5.56 Å². The lowest BCUT2D eigenvalue weighted by atomic mass is 9.79. The first kappa shape index (κ1) is 11.7. The Hall–Kier alpha value is -1.33. The van der Waals surface area contributed by atoms with E-state index in [0.29, 0.717) is 0 Å². The van der Waals surface area contributed by atoms with Crippen LogP contribution in [-0.4, -0.2) is 11.2 Å². The molecule has 1 aromatic carbocycles. The van der Waals surface area contributed by atoms with Crippen molar-refractivity contribution in [3.05, 3.63) is 35.9 Å². The molecule has 0 bridgehead atoms. The van der Waals surface area contributed by atoms with Crippen molar-refractivity contribution >= 4 is 0 Å². The molecule has 0 aromatic heterocycles. The molecule has 0 aliphatic carbocycles. The molecule has 0 aliphatic heterocycles. The summed E-state index contributed by atoms with van der Waals surface area (Å²) in [5.41, 5.74) is 0.596. The third-order valence-electron chi connectivity index (χ3n) is 2.50. The largest absolute Gasteiger partial charge is 0.391 e. The van der Waals surface area contributed by atoms with E-state index < -0.39 is 12.0 Å². The van der Waals surface area contributed by atoms with Crippen LogP contribution in [-0.2, 0) is 0 Å². The van der Waals surface area contributed by atoms with Crippen molar-refractivity contribution in [1.29, 1.82) is 5.26 Å². The molecule has 1 N–H and O–H groups in total. The highest BCUT2D eigenvalue weighted by Gasteiger charge is 2.31. The van der Waals surface area contributed by atoms with Gasteiger partial charge in [0.05, 0.1) is 18.1 Å². The lowest BCUT2D eigenvalue weighted by Crippen LogP contribution is -2.31. The Bertz CT molecular complexity index is 345. The zero-order chi connectivity index (χ0) is 11.5. The highest BCUT2D eigenvalue weighted by molar-refractivity contribution is 5.26. The predicted octanol–water partition coefficient (Wildman–Crippen LogP) is 2.70. The number of benzene rings is 1. The molecule has 15 heavy (non-hydrogen) atoms. The third kappa shape index (κ3) is 2.81. The Morgan fingerprint density at radius 1 is 1.20 bits per heavy atom. The summed E-state index contributed by atoms with van der Waals surface area (Å²) in [4.78, 5) is 0. The second-order valence-electron chi connectivity index (χ2n) is 4.83. The van der Waals surface area contributed by atoms with Gasteiger partial charge in [0.2, 0.25) is 0 Å². The average Bonchev–Trinajstić information content (AvgIpc) is 2.19. The molecule has 0 fully saturated rings. The Morgan fingerprint density at radius 3 is 2.13 bits per heavy atom. The maximum Gasteiger partial charge on any atom is 0.0976 e. The van der Waals surface area contributed by atoms with Gasteiger partial charge >= 0.3 is 0 Å². The first-order valence-corrected chi connectivity index (χ1v) is 5.09. The molecular weight excluding hydrogens is 186 g/mol. The molecule has 0 heterocycles. The number of rotatable bonds is 2. The second-order valence-corrected chi connectivity index (χ2v) is 4.83. The standard InChI is InChI=1S/C13H17NO/c1-13(2,3)12(15)11(9-14)10-7-5-4-6-8-10/h4-8,11-12,15H,1-3H3/t11-,12+/m0/s1. The first-order chi connectivity index (χ1) is 6.96. The fraction of sp³-hybridized carbons (Fsp3) is 0.462. The maximum absolute atomic E-state index is 10.1. The molecule has 2 heteroatoms. The minimum Gasteiger partial charge on any atom is -0.391 e. The fourth-order valence-electron chi connectivity index (χ4n) is 1.49. The monoisotopic (exact) mass is 203 g/mol. The molecule has 1 aromatic rings. The highest BCUT2D eigenvalue weighted by Crippen LogP contribution is 2.31. The normalized spacial score (nSPS) is 15.4. The molecule has 2 atom stereocenters. The summed E-state index contributed by atoms with van der Waals surface area (Å²) in [6.45, 7) is 5.81. The van der Waals surface area contributed by atoms with Crippen LogP contribution in [0, 0.1) is 16.7 Å². The van der Waals surface area contributed by atoms with Gasteiger partial charge in [0.15, 0.2) is 0 Å². The van der Waals surface area contributed by atoms with Crippen LogP contribution < -0.4 is 0 Å². The van der Waals surface area contributed by atoms with E-state index in [-0.39, 0.29) is 5.41 Å². The van der Waals surface area contributed by atoms with Crippen LogP contribution in [0.3, 0.4) is 0 Å². The fourth-order valence-corrected chi connectivity index (χ4v) is 1.49. The zero-order valence-electron chi connectivity index (χ0n) is 9.44. The van der Waals surface area contributed by atoms with Gasteiger partial charge < -0.3 is 5.11 Å². The van der Waals surface area contributed by atoms with Gasteiger partial charge in [0, 0.05) is 0 Å². The van der Waals surface area contributed by atoms with Gasteiger partial charge in [-0.25, -0.2) is 0 Å². The van der Waals surface area contributed by atoms with E-state index in [4.69, 9.17) is 5.26 Å². The van der Waals surface area contributed by atoms with Crippen molar-refractivity contribution in [3.8, 4) is 6.07 Å². The Balaban J connectivity index is 2.97. The molecule has 0 amide bonds. The van der Waals surface area contributed by atoms with Gasteiger partial charge in [-0.15, -0.1) is 0 Å². The molecular formula is C13H17NO. The second kappa shape index (κ2) is 4.46. The summed E-state index contributed by atoms with van der Waals surface area (Å²) in [5, 5.41) is 19.2. The molecule has 1 rings (SSSR count). The van der Waals surface area contributed by atoms with E-state index >= 15 is 0 Å².